The molecule has 50 heavy (non-hydrogen) atoms. The van der Waals surface area contributed by atoms with Crippen molar-refractivity contribution in [3.05, 3.63) is 60.8 Å². The fourth-order valence-electron chi connectivity index (χ4n) is 6.12. The van der Waals surface area contributed by atoms with Crippen molar-refractivity contribution in [2.24, 2.45) is 0 Å². The highest BCUT2D eigenvalue weighted by Crippen LogP contribution is 2.13. The molecule has 0 aliphatic heterocycles. The van der Waals surface area contributed by atoms with Crippen molar-refractivity contribution >= 4 is 5.91 Å². The van der Waals surface area contributed by atoms with E-state index in [9.17, 15) is 15.0 Å². The Balaban J connectivity index is 3.68. The van der Waals surface area contributed by atoms with Crippen LogP contribution >= 0.6 is 0 Å². The Morgan fingerprint density at radius 1 is 0.480 bits per heavy atom. The summed E-state index contributed by atoms with van der Waals surface area (Å²) >= 11 is 0. The van der Waals surface area contributed by atoms with Gasteiger partial charge in [-0.25, -0.2) is 0 Å². The maximum Gasteiger partial charge on any atom is 0.220 e. The summed E-state index contributed by atoms with van der Waals surface area (Å²) in [5, 5.41) is 23.0. The molecule has 4 nitrogen and oxygen atoms in total. The lowest BCUT2D eigenvalue weighted by atomic mass is 10.1. The zero-order valence-corrected chi connectivity index (χ0v) is 33.2. The highest BCUT2D eigenvalue weighted by Gasteiger charge is 2.17. The molecule has 0 rings (SSSR count). The van der Waals surface area contributed by atoms with Crippen molar-refractivity contribution in [2.45, 2.75) is 219 Å². The normalized spacial score (nSPS) is 13.6. The Labute approximate surface area is 311 Å². The molecule has 0 aromatic heterocycles. The fraction of sp³-hybridized carbons (Fsp3) is 0.761. The monoisotopic (exact) mass is 698 g/mol. The highest BCUT2D eigenvalue weighted by molar-refractivity contribution is 5.76. The largest absolute Gasteiger partial charge is 0.394 e. The van der Waals surface area contributed by atoms with Gasteiger partial charge in [0.2, 0.25) is 5.91 Å². The Morgan fingerprint density at radius 3 is 1.32 bits per heavy atom. The highest BCUT2D eigenvalue weighted by atomic mass is 16.3. The quantitative estimate of drug-likeness (QED) is 0.0444. The van der Waals surface area contributed by atoms with Crippen LogP contribution < -0.4 is 5.32 Å². The van der Waals surface area contributed by atoms with Gasteiger partial charge in [-0.05, 0) is 77.0 Å². The smallest absolute Gasteiger partial charge is 0.220 e. The van der Waals surface area contributed by atoms with Crippen LogP contribution in [0.15, 0.2) is 60.8 Å². The number of nitrogens with one attached hydrogen (secondary N) is 1. The lowest BCUT2D eigenvalue weighted by molar-refractivity contribution is -0.123. The number of aliphatic hydroxyl groups excluding tert-OH is 2. The SMILES string of the molecule is CCCCC/C=C\C/C=C\CCCCCCCCCC(=O)NC(CO)C(O)/C=C/CC/C=C/CC/C=C/CCCCCCCCCCCCC. The van der Waals surface area contributed by atoms with E-state index < -0.39 is 12.1 Å². The first-order chi connectivity index (χ1) is 24.7. The average molecular weight is 698 g/mol. The third kappa shape index (κ3) is 37.3. The van der Waals surface area contributed by atoms with Crippen LogP contribution in [0.25, 0.3) is 0 Å². The van der Waals surface area contributed by atoms with Gasteiger partial charge in [0, 0.05) is 6.42 Å². The van der Waals surface area contributed by atoms with E-state index in [-0.39, 0.29) is 12.5 Å². The summed E-state index contributed by atoms with van der Waals surface area (Å²) in [7, 11) is 0. The zero-order chi connectivity index (χ0) is 36.4. The predicted molar refractivity (Wildman–Crippen MR) is 221 cm³/mol. The van der Waals surface area contributed by atoms with Crippen LogP contribution in [0.4, 0.5) is 0 Å². The van der Waals surface area contributed by atoms with E-state index in [1.807, 2.05) is 6.08 Å². The molecule has 0 bridgehead atoms. The number of rotatable bonds is 38. The number of aliphatic hydroxyl groups is 2. The first-order valence-corrected chi connectivity index (χ1v) is 21.5. The molecule has 2 unspecified atom stereocenters. The van der Waals surface area contributed by atoms with Gasteiger partial charge in [-0.2, -0.15) is 0 Å². The molecule has 0 radical (unpaired) electrons. The predicted octanol–water partition coefficient (Wildman–Crippen LogP) is 13.3. The van der Waals surface area contributed by atoms with E-state index in [1.54, 1.807) is 6.08 Å². The Morgan fingerprint density at radius 2 is 0.840 bits per heavy atom. The van der Waals surface area contributed by atoms with Gasteiger partial charge in [-0.3, -0.25) is 4.79 Å². The van der Waals surface area contributed by atoms with Gasteiger partial charge in [0.1, 0.15) is 0 Å². The topological polar surface area (TPSA) is 69.6 Å². The second-order valence-corrected chi connectivity index (χ2v) is 14.4. The standard InChI is InChI=1S/C46H83NO3/c1-3-5-7-9-11-13-15-17-19-21-22-23-24-26-27-29-31-33-35-37-39-41-45(49)44(43-48)47-46(50)42-40-38-36-34-32-30-28-25-20-18-16-14-12-10-8-6-4-2/h12,14,18,20,24,26,31,33,39,41,44-45,48-49H,3-11,13,15-17,19,21-23,25,27-30,32,34-38,40,42-43H2,1-2H3,(H,47,50)/b14-12-,20-18-,26-24+,33-31+,41-39+. The Hall–Kier alpha value is -1.91. The molecule has 0 aromatic carbocycles. The van der Waals surface area contributed by atoms with Crippen LogP contribution in [0.5, 0.6) is 0 Å². The number of allylic oxidation sites excluding steroid dienone is 9. The molecule has 4 heteroatoms. The molecule has 2 atom stereocenters. The molecular formula is C46H83NO3. The van der Waals surface area contributed by atoms with Crippen LogP contribution in [0.1, 0.15) is 206 Å². The zero-order valence-electron chi connectivity index (χ0n) is 33.2. The van der Waals surface area contributed by atoms with Crippen LogP contribution in [-0.2, 0) is 4.79 Å². The molecule has 0 heterocycles. The van der Waals surface area contributed by atoms with Gasteiger partial charge in [0.25, 0.3) is 0 Å². The van der Waals surface area contributed by atoms with Gasteiger partial charge < -0.3 is 15.5 Å². The molecule has 0 saturated carbocycles. The minimum atomic E-state index is -0.875. The minimum absolute atomic E-state index is 0.0881. The van der Waals surface area contributed by atoms with Crippen molar-refractivity contribution in [1.82, 2.24) is 5.32 Å². The van der Waals surface area contributed by atoms with E-state index in [2.05, 4.69) is 67.8 Å². The fourth-order valence-corrected chi connectivity index (χ4v) is 6.12. The number of amides is 1. The van der Waals surface area contributed by atoms with Crippen molar-refractivity contribution in [1.29, 1.82) is 0 Å². The third-order valence-corrected chi connectivity index (χ3v) is 9.45. The number of carbonyl (C=O) groups excluding carboxylic acids is 1. The molecule has 0 aliphatic carbocycles. The van der Waals surface area contributed by atoms with Gasteiger partial charge in [-0.1, -0.05) is 184 Å². The first-order valence-electron chi connectivity index (χ1n) is 21.5. The maximum absolute atomic E-state index is 12.4. The Bertz CT molecular complexity index is 842. The lowest BCUT2D eigenvalue weighted by Crippen LogP contribution is -2.45. The van der Waals surface area contributed by atoms with E-state index in [0.29, 0.717) is 6.42 Å². The molecule has 290 valence electrons. The maximum atomic E-state index is 12.4. The molecule has 0 saturated heterocycles. The van der Waals surface area contributed by atoms with Crippen LogP contribution in [0, 0.1) is 0 Å². The summed E-state index contributed by atoms with van der Waals surface area (Å²) in [6.45, 7) is 4.26. The van der Waals surface area contributed by atoms with E-state index in [0.717, 1.165) is 51.4 Å². The van der Waals surface area contributed by atoms with E-state index >= 15 is 0 Å². The second-order valence-electron chi connectivity index (χ2n) is 14.4. The molecule has 0 spiro atoms. The number of hydrogen-bond donors (Lipinski definition) is 3. The summed E-state index contributed by atoms with van der Waals surface area (Å²) in [5.41, 5.74) is 0. The molecular weight excluding hydrogens is 615 g/mol. The van der Waals surface area contributed by atoms with Crippen molar-refractivity contribution < 1.29 is 15.0 Å². The van der Waals surface area contributed by atoms with Crippen LogP contribution in [-0.4, -0.2) is 34.9 Å². The van der Waals surface area contributed by atoms with Gasteiger partial charge in [0.05, 0.1) is 18.8 Å². The average Bonchev–Trinajstić information content (AvgIpc) is 3.12. The van der Waals surface area contributed by atoms with Crippen LogP contribution in [0.3, 0.4) is 0 Å². The van der Waals surface area contributed by atoms with E-state index in [4.69, 9.17) is 0 Å². The van der Waals surface area contributed by atoms with Crippen LogP contribution in [0.2, 0.25) is 0 Å². The summed E-state index contributed by atoms with van der Waals surface area (Å²) in [5.74, 6) is -0.0881. The third-order valence-electron chi connectivity index (χ3n) is 9.45. The molecule has 1 amide bonds. The molecule has 3 N–H and O–H groups in total. The second kappa shape index (κ2) is 41.5. The number of carbonyl (C=O) groups is 1. The number of unbranched alkanes of at least 4 members (excludes halogenated alkanes) is 23. The molecule has 0 aromatic rings. The van der Waals surface area contributed by atoms with Gasteiger partial charge in [0.15, 0.2) is 0 Å². The van der Waals surface area contributed by atoms with Gasteiger partial charge >= 0.3 is 0 Å². The van der Waals surface area contributed by atoms with Crippen molar-refractivity contribution in [3.8, 4) is 0 Å². The lowest BCUT2D eigenvalue weighted by Gasteiger charge is -2.19. The van der Waals surface area contributed by atoms with Crippen molar-refractivity contribution in [3.63, 3.8) is 0 Å². The summed E-state index contributed by atoms with van der Waals surface area (Å²) in [6, 6.07) is -0.651. The summed E-state index contributed by atoms with van der Waals surface area (Å²) in [6.07, 6.45) is 57.5. The molecule has 0 fully saturated rings. The first kappa shape index (κ1) is 48.1. The minimum Gasteiger partial charge on any atom is -0.394 e. The summed E-state index contributed by atoms with van der Waals surface area (Å²) in [4.78, 5) is 12.4. The van der Waals surface area contributed by atoms with E-state index in [1.165, 1.54) is 135 Å². The van der Waals surface area contributed by atoms with Gasteiger partial charge in [-0.15, -0.1) is 0 Å². The number of hydrogen-bond acceptors (Lipinski definition) is 3. The Kier molecular flexibility index (Phi) is 39.9. The van der Waals surface area contributed by atoms with Crippen molar-refractivity contribution in [2.75, 3.05) is 6.61 Å². The molecule has 0 aliphatic rings. The summed E-state index contributed by atoms with van der Waals surface area (Å²) < 4.78 is 0.